The van der Waals surface area contributed by atoms with Crippen LogP contribution in [0, 0.1) is 11.3 Å². The first-order valence-corrected chi connectivity index (χ1v) is 8.03. The highest BCUT2D eigenvalue weighted by Crippen LogP contribution is 2.54. The fourth-order valence-corrected chi connectivity index (χ4v) is 3.74. The van der Waals surface area contributed by atoms with Crippen molar-refractivity contribution in [1.29, 1.82) is 0 Å². The summed E-state index contributed by atoms with van der Waals surface area (Å²) < 4.78 is 5.12. The first kappa shape index (κ1) is 13.6. The third-order valence-electron chi connectivity index (χ3n) is 5.46. The van der Waals surface area contributed by atoms with Gasteiger partial charge in [0.25, 0.3) is 0 Å². The molecule has 22 heavy (non-hydrogen) atoms. The molecule has 114 valence electrons. The summed E-state index contributed by atoms with van der Waals surface area (Å²) in [5.41, 5.74) is 0.832. The maximum Gasteiger partial charge on any atom is 0.336 e. The molecule has 1 amide bonds. The predicted octanol–water partition coefficient (Wildman–Crippen LogP) is 3.70. The minimum absolute atomic E-state index is 0.129. The third kappa shape index (κ3) is 2.05. The highest BCUT2D eigenvalue weighted by Gasteiger charge is 2.51. The van der Waals surface area contributed by atoms with Crippen LogP contribution >= 0.6 is 0 Å². The summed E-state index contributed by atoms with van der Waals surface area (Å²) in [5.74, 6) is 0.736. The Balaban J connectivity index is 1.58. The van der Waals surface area contributed by atoms with Crippen LogP contribution in [0.1, 0.15) is 38.5 Å². The Kier molecular flexibility index (Phi) is 3.06. The Bertz CT molecular complexity index is 784. The van der Waals surface area contributed by atoms with Gasteiger partial charge >= 0.3 is 5.63 Å². The number of anilines is 1. The second kappa shape index (κ2) is 4.97. The number of hydrogen-bond acceptors (Lipinski definition) is 3. The van der Waals surface area contributed by atoms with Gasteiger partial charge in [-0.2, -0.15) is 0 Å². The van der Waals surface area contributed by atoms with E-state index in [0.717, 1.165) is 30.3 Å². The summed E-state index contributed by atoms with van der Waals surface area (Å²) in [6.07, 6.45) is 6.84. The van der Waals surface area contributed by atoms with Crippen molar-refractivity contribution in [1.82, 2.24) is 0 Å². The first-order chi connectivity index (χ1) is 10.7. The molecule has 0 atom stereocenters. The van der Waals surface area contributed by atoms with E-state index >= 15 is 0 Å². The lowest BCUT2D eigenvalue weighted by Gasteiger charge is -2.50. The molecular formula is C18H19NO3. The number of nitrogens with one attached hydrogen (secondary N) is 1. The predicted molar refractivity (Wildman–Crippen MR) is 84.7 cm³/mol. The topological polar surface area (TPSA) is 59.3 Å². The third-order valence-corrected chi connectivity index (χ3v) is 5.46. The van der Waals surface area contributed by atoms with Crippen molar-refractivity contribution in [3.05, 3.63) is 40.8 Å². The van der Waals surface area contributed by atoms with Crippen molar-refractivity contribution >= 4 is 22.6 Å². The minimum Gasteiger partial charge on any atom is -0.423 e. The van der Waals surface area contributed by atoms with E-state index in [2.05, 4.69) is 5.32 Å². The molecule has 2 aliphatic carbocycles. The number of benzene rings is 1. The quantitative estimate of drug-likeness (QED) is 0.879. The van der Waals surface area contributed by atoms with E-state index in [-0.39, 0.29) is 16.9 Å². The highest BCUT2D eigenvalue weighted by atomic mass is 16.4. The molecule has 1 aromatic carbocycles. The van der Waals surface area contributed by atoms with Crippen molar-refractivity contribution in [2.45, 2.75) is 38.5 Å². The van der Waals surface area contributed by atoms with E-state index in [0.29, 0.717) is 11.5 Å². The Morgan fingerprint density at radius 1 is 1.14 bits per heavy atom. The molecule has 0 spiro atoms. The molecule has 0 unspecified atom stereocenters. The van der Waals surface area contributed by atoms with Crippen molar-refractivity contribution in [3.8, 4) is 0 Å². The van der Waals surface area contributed by atoms with Crippen LogP contribution < -0.4 is 10.9 Å². The SMILES string of the molecule is O=C(Nc1ccc2oc(=O)ccc2c1)C1(C2CCC2)CCC1. The Morgan fingerprint density at radius 2 is 1.95 bits per heavy atom. The monoisotopic (exact) mass is 297 g/mol. The Labute approximate surface area is 128 Å². The van der Waals surface area contributed by atoms with Crippen molar-refractivity contribution in [2.24, 2.45) is 11.3 Å². The maximum atomic E-state index is 12.8. The van der Waals surface area contributed by atoms with Crippen LogP contribution in [0.2, 0.25) is 0 Å². The number of rotatable bonds is 3. The summed E-state index contributed by atoms with van der Waals surface area (Å²) in [6.45, 7) is 0. The van der Waals surface area contributed by atoms with E-state index in [1.807, 2.05) is 6.07 Å². The Hall–Kier alpha value is -2.10. The number of fused-ring (bicyclic) bond motifs is 1. The van der Waals surface area contributed by atoms with Crippen LogP contribution in [0.25, 0.3) is 11.0 Å². The number of carbonyl (C=O) groups is 1. The zero-order chi connectivity index (χ0) is 15.2. The number of amides is 1. The van der Waals surface area contributed by atoms with E-state index in [1.165, 1.54) is 25.3 Å². The van der Waals surface area contributed by atoms with Crippen LogP contribution in [-0.4, -0.2) is 5.91 Å². The van der Waals surface area contributed by atoms with Crippen LogP contribution in [0.4, 0.5) is 5.69 Å². The molecule has 0 saturated heterocycles. The van der Waals surface area contributed by atoms with Gasteiger partial charge in [-0.05, 0) is 55.9 Å². The number of hydrogen-bond donors (Lipinski definition) is 1. The second-order valence-corrected chi connectivity index (χ2v) is 6.60. The van der Waals surface area contributed by atoms with Gasteiger partial charge in [-0.1, -0.05) is 12.8 Å². The van der Waals surface area contributed by atoms with Gasteiger partial charge in [0, 0.05) is 17.1 Å². The van der Waals surface area contributed by atoms with Gasteiger partial charge in [0.15, 0.2) is 0 Å². The fourth-order valence-electron chi connectivity index (χ4n) is 3.74. The molecule has 1 aromatic heterocycles. The van der Waals surface area contributed by atoms with E-state index in [4.69, 9.17) is 4.42 Å². The fraction of sp³-hybridized carbons (Fsp3) is 0.444. The van der Waals surface area contributed by atoms with E-state index in [1.54, 1.807) is 18.2 Å². The first-order valence-electron chi connectivity index (χ1n) is 8.03. The van der Waals surface area contributed by atoms with E-state index < -0.39 is 0 Å². The Morgan fingerprint density at radius 3 is 2.59 bits per heavy atom. The largest absolute Gasteiger partial charge is 0.423 e. The average molecular weight is 297 g/mol. The lowest BCUT2D eigenvalue weighted by Crippen LogP contribution is -2.49. The molecule has 1 N–H and O–H groups in total. The maximum absolute atomic E-state index is 12.8. The normalized spacial score (nSPS) is 20.2. The van der Waals surface area contributed by atoms with Gasteiger partial charge in [-0.3, -0.25) is 4.79 Å². The smallest absolute Gasteiger partial charge is 0.336 e. The molecule has 0 aliphatic heterocycles. The summed E-state index contributed by atoms with van der Waals surface area (Å²) in [4.78, 5) is 24.0. The van der Waals surface area contributed by atoms with Crippen molar-refractivity contribution in [2.75, 3.05) is 5.32 Å². The van der Waals surface area contributed by atoms with Gasteiger partial charge in [0.2, 0.25) is 5.91 Å². The van der Waals surface area contributed by atoms with Crippen LogP contribution in [0.3, 0.4) is 0 Å². The second-order valence-electron chi connectivity index (χ2n) is 6.60. The van der Waals surface area contributed by atoms with Gasteiger partial charge in [-0.25, -0.2) is 4.79 Å². The van der Waals surface area contributed by atoms with Crippen LogP contribution in [0.5, 0.6) is 0 Å². The number of carbonyl (C=O) groups excluding carboxylic acids is 1. The van der Waals surface area contributed by atoms with E-state index in [9.17, 15) is 9.59 Å². The molecule has 4 heteroatoms. The van der Waals surface area contributed by atoms with Gasteiger partial charge in [0.05, 0.1) is 5.41 Å². The molecular weight excluding hydrogens is 278 g/mol. The van der Waals surface area contributed by atoms with Crippen molar-refractivity contribution in [3.63, 3.8) is 0 Å². The van der Waals surface area contributed by atoms with Crippen molar-refractivity contribution < 1.29 is 9.21 Å². The highest BCUT2D eigenvalue weighted by molar-refractivity contribution is 5.97. The minimum atomic E-state index is -0.359. The molecule has 2 saturated carbocycles. The molecule has 2 aromatic rings. The molecule has 0 radical (unpaired) electrons. The lowest BCUT2D eigenvalue weighted by atomic mass is 9.54. The molecule has 1 heterocycles. The standard InChI is InChI=1S/C18H19NO3/c20-16-8-5-12-11-14(6-7-15(12)22-16)19-17(21)18(9-2-10-18)13-3-1-4-13/h5-8,11,13H,1-4,9-10H2,(H,19,21). The van der Waals surface area contributed by atoms with Crippen LogP contribution in [-0.2, 0) is 4.79 Å². The molecule has 4 nitrogen and oxygen atoms in total. The summed E-state index contributed by atoms with van der Waals surface area (Å²) in [7, 11) is 0. The zero-order valence-corrected chi connectivity index (χ0v) is 12.4. The summed E-state index contributed by atoms with van der Waals surface area (Å²) in [5, 5.41) is 3.90. The van der Waals surface area contributed by atoms with Crippen LogP contribution in [0.15, 0.2) is 39.5 Å². The molecule has 2 aliphatic rings. The molecule has 2 fully saturated rings. The zero-order valence-electron chi connectivity index (χ0n) is 12.4. The summed E-state index contributed by atoms with van der Waals surface area (Å²) in [6, 6.07) is 8.53. The lowest BCUT2D eigenvalue weighted by molar-refractivity contribution is -0.138. The van der Waals surface area contributed by atoms with Gasteiger partial charge in [-0.15, -0.1) is 0 Å². The summed E-state index contributed by atoms with van der Waals surface area (Å²) >= 11 is 0. The molecule has 0 bridgehead atoms. The average Bonchev–Trinajstić information content (AvgIpc) is 2.40. The van der Waals surface area contributed by atoms with Gasteiger partial charge < -0.3 is 9.73 Å². The molecule has 4 rings (SSSR count). The van der Waals surface area contributed by atoms with Gasteiger partial charge in [0.1, 0.15) is 5.58 Å².